The molecular weight excluding hydrogens is 500 g/mol. The molecule has 0 fully saturated rings. The fraction of sp³-hybridized carbons (Fsp3) is 0.389. The molecule has 0 bridgehead atoms. The van der Waals surface area contributed by atoms with Crippen LogP contribution in [0, 0.1) is 0 Å². The maximum Gasteiger partial charge on any atom is 0.433 e. The lowest BCUT2D eigenvalue weighted by Gasteiger charge is -2.16. The molecule has 158 valence electrons. The molecular formula is C18H22F3IN6O. The lowest BCUT2D eigenvalue weighted by Crippen LogP contribution is -2.43. The van der Waals surface area contributed by atoms with Crippen LogP contribution in [-0.4, -0.2) is 48.7 Å². The molecule has 1 aliphatic rings. The molecule has 0 amide bonds. The number of rotatable bonds is 6. The number of aliphatic imine (C=N–C) groups is 1. The molecule has 29 heavy (non-hydrogen) atoms. The van der Waals surface area contributed by atoms with Crippen molar-refractivity contribution in [3.8, 4) is 5.75 Å². The summed E-state index contributed by atoms with van der Waals surface area (Å²) in [7, 11) is 1.64. The Kier molecular flexibility index (Phi) is 8.29. The molecule has 3 rings (SSSR count). The zero-order valence-corrected chi connectivity index (χ0v) is 18.0. The largest absolute Gasteiger partial charge is 0.488 e. The molecule has 0 saturated heterocycles. The predicted octanol–water partition coefficient (Wildman–Crippen LogP) is 2.69. The van der Waals surface area contributed by atoms with E-state index in [0.717, 1.165) is 24.4 Å². The van der Waals surface area contributed by atoms with Crippen molar-refractivity contribution in [1.82, 2.24) is 20.6 Å². The number of alkyl halides is 3. The summed E-state index contributed by atoms with van der Waals surface area (Å²) >= 11 is 0. The Balaban J connectivity index is 0.00000300. The van der Waals surface area contributed by atoms with E-state index in [1.807, 2.05) is 24.3 Å². The molecule has 2 aromatic rings. The second-order valence-electron chi connectivity index (χ2n) is 6.12. The number of para-hydroxylation sites is 1. The number of nitrogens with zero attached hydrogens (tertiary/aromatic N) is 3. The molecule has 11 heteroatoms. The van der Waals surface area contributed by atoms with E-state index in [9.17, 15) is 13.2 Å². The average molecular weight is 522 g/mol. The molecule has 3 N–H and O–H groups in total. The van der Waals surface area contributed by atoms with E-state index in [-0.39, 0.29) is 36.0 Å². The van der Waals surface area contributed by atoms with Crippen molar-refractivity contribution in [3.05, 3.63) is 47.8 Å². The van der Waals surface area contributed by atoms with Gasteiger partial charge in [-0.15, -0.1) is 24.0 Å². The van der Waals surface area contributed by atoms with Gasteiger partial charge in [0.25, 0.3) is 0 Å². The minimum absolute atomic E-state index is 0. The maximum atomic E-state index is 12.6. The zero-order valence-electron chi connectivity index (χ0n) is 15.7. The number of hydrogen-bond donors (Lipinski definition) is 3. The summed E-state index contributed by atoms with van der Waals surface area (Å²) in [6.07, 6.45) is -2.57. The van der Waals surface area contributed by atoms with Crippen molar-refractivity contribution in [2.45, 2.75) is 18.7 Å². The molecule has 1 aromatic carbocycles. The highest BCUT2D eigenvalue weighted by Gasteiger charge is 2.32. The molecule has 0 radical (unpaired) electrons. The van der Waals surface area contributed by atoms with Gasteiger partial charge in [0.05, 0.1) is 6.54 Å². The van der Waals surface area contributed by atoms with Gasteiger partial charge in [-0.1, -0.05) is 18.2 Å². The number of benzene rings is 1. The first-order valence-electron chi connectivity index (χ1n) is 8.79. The van der Waals surface area contributed by atoms with Crippen LogP contribution in [0.1, 0.15) is 11.3 Å². The Morgan fingerprint density at radius 3 is 2.72 bits per heavy atom. The van der Waals surface area contributed by atoms with Gasteiger partial charge in [-0.3, -0.25) is 4.99 Å². The van der Waals surface area contributed by atoms with Crippen LogP contribution in [0.5, 0.6) is 5.75 Å². The van der Waals surface area contributed by atoms with E-state index < -0.39 is 11.9 Å². The number of hydrogen-bond acceptors (Lipinski definition) is 5. The Bertz CT molecular complexity index is 808. The summed E-state index contributed by atoms with van der Waals surface area (Å²) in [5.41, 5.74) is 0.204. The summed E-state index contributed by atoms with van der Waals surface area (Å²) in [5, 5.41) is 9.01. The van der Waals surface area contributed by atoms with Crippen LogP contribution in [0.4, 0.5) is 19.1 Å². The first-order chi connectivity index (χ1) is 13.5. The number of ether oxygens (including phenoxy) is 1. The number of anilines is 1. The highest BCUT2D eigenvalue weighted by molar-refractivity contribution is 14.0. The minimum Gasteiger partial charge on any atom is -0.488 e. The van der Waals surface area contributed by atoms with Crippen LogP contribution in [0.15, 0.2) is 41.5 Å². The highest BCUT2D eigenvalue weighted by atomic mass is 127. The lowest BCUT2D eigenvalue weighted by atomic mass is 10.1. The molecule has 1 aromatic heterocycles. The average Bonchev–Trinajstić information content (AvgIpc) is 3.10. The molecule has 2 heterocycles. The van der Waals surface area contributed by atoms with Gasteiger partial charge in [-0.05, 0) is 17.7 Å². The van der Waals surface area contributed by atoms with Crippen LogP contribution in [0.25, 0.3) is 0 Å². The quantitative estimate of drug-likeness (QED) is 0.234. The Morgan fingerprint density at radius 1 is 1.21 bits per heavy atom. The van der Waals surface area contributed by atoms with E-state index in [1.165, 1.54) is 5.56 Å². The highest BCUT2D eigenvalue weighted by Crippen LogP contribution is 2.28. The van der Waals surface area contributed by atoms with E-state index in [1.54, 1.807) is 7.05 Å². The summed E-state index contributed by atoms with van der Waals surface area (Å²) in [6.45, 7) is 1.33. The van der Waals surface area contributed by atoms with Crippen LogP contribution in [-0.2, 0) is 12.6 Å². The SMILES string of the molecule is CN=C(NCCNc1nccc(C(F)(F)F)n1)NCC1Cc2ccccc2O1.I. The van der Waals surface area contributed by atoms with E-state index in [0.29, 0.717) is 25.6 Å². The van der Waals surface area contributed by atoms with Crippen LogP contribution in [0.3, 0.4) is 0 Å². The normalized spacial score (nSPS) is 15.7. The third kappa shape index (κ3) is 6.61. The van der Waals surface area contributed by atoms with Crippen molar-refractivity contribution in [2.75, 3.05) is 32.0 Å². The van der Waals surface area contributed by atoms with Crippen molar-refractivity contribution in [2.24, 2.45) is 4.99 Å². The molecule has 0 aliphatic carbocycles. The zero-order chi connectivity index (χ0) is 20.0. The maximum absolute atomic E-state index is 12.6. The minimum atomic E-state index is -4.49. The second-order valence-corrected chi connectivity index (χ2v) is 6.12. The Hall–Kier alpha value is -2.31. The van der Waals surface area contributed by atoms with Gasteiger partial charge in [0, 0.05) is 32.8 Å². The number of halogens is 4. The van der Waals surface area contributed by atoms with E-state index in [4.69, 9.17) is 4.74 Å². The third-order valence-corrected chi connectivity index (χ3v) is 4.08. The Morgan fingerprint density at radius 2 is 2.00 bits per heavy atom. The van der Waals surface area contributed by atoms with Gasteiger partial charge in [0.15, 0.2) is 5.96 Å². The van der Waals surface area contributed by atoms with E-state index >= 15 is 0 Å². The third-order valence-electron chi connectivity index (χ3n) is 4.08. The smallest absolute Gasteiger partial charge is 0.433 e. The van der Waals surface area contributed by atoms with E-state index in [2.05, 4.69) is 30.9 Å². The molecule has 1 atom stereocenters. The van der Waals surface area contributed by atoms with Gasteiger partial charge in [-0.25, -0.2) is 9.97 Å². The summed E-state index contributed by atoms with van der Waals surface area (Å²) < 4.78 is 43.8. The number of aromatic nitrogens is 2. The molecule has 0 spiro atoms. The molecule has 0 saturated carbocycles. The first kappa shape index (κ1) is 23.0. The summed E-state index contributed by atoms with van der Waals surface area (Å²) in [6, 6.07) is 8.75. The van der Waals surface area contributed by atoms with Gasteiger partial charge >= 0.3 is 6.18 Å². The summed E-state index contributed by atoms with van der Waals surface area (Å²) in [4.78, 5) is 11.4. The molecule has 1 unspecified atom stereocenters. The molecule has 7 nitrogen and oxygen atoms in total. The molecule has 1 aliphatic heterocycles. The monoisotopic (exact) mass is 522 g/mol. The fourth-order valence-corrected chi connectivity index (χ4v) is 2.76. The topological polar surface area (TPSA) is 83.5 Å². The standard InChI is InChI=1S/C18H21F3N6O.HI/c1-22-16(26-11-13-10-12-4-2-3-5-14(12)28-13)24-8-9-25-17-23-7-6-15(27-17)18(19,20)21;/h2-7,13H,8-11H2,1H3,(H2,22,24,26)(H,23,25,27);1H. The van der Waals surface area contributed by atoms with Crippen LogP contribution >= 0.6 is 24.0 Å². The predicted molar refractivity (Wildman–Crippen MR) is 115 cm³/mol. The number of guanidine groups is 1. The van der Waals surface area contributed by atoms with Crippen molar-refractivity contribution in [1.29, 1.82) is 0 Å². The van der Waals surface area contributed by atoms with Crippen molar-refractivity contribution < 1.29 is 17.9 Å². The van der Waals surface area contributed by atoms with Gasteiger partial charge in [0.2, 0.25) is 5.95 Å². The second kappa shape index (κ2) is 10.5. The fourth-order valence-electron chi connectivity index (χ4n) is 2.76. The Labute approximate surface area is 183 Å². The number of nitrogens with one attached hydrogen (secondary N) is 3. The number of fused-ring (bicyclic) bond motifs is 1. The van der Waals surface area contributed by atoms with Gasteiger partial charge in [-0.2, -0.15) is 13.2 Å². The lowest BCUT2D eigenvalue weighted by molar-refractivity contribution is -0.141. The van der Waals surface area contributed by atoms with Crippen LogP contribution in [0.2, 0.25) is 0 Å². The van der Waals surface area contributed by atoms with Gasteiger partial charge < -0.3 is 20.7 Å². The van der Waals surface area contributed by atoms with Crippen LogP contribution < -0.4 is 20.7 Å². The summed E-state index contributed by atoms with van der Waals surface area (Å²) in [5.74, 6) is 1.41. The van der Waals surface area contributed by atoms with Gasteiger partial charge in [0.1, 0.15) is 17.5 Å². The first-order valence-corrected chi connectivity index (χ1v) is 8.79. The van der Waals surface area contributed by atoms with Crippen molar-refractivity contribution in [3.63, 3.8) is 0 Å². The van der Waals surface area contributed by atoms with Crippen molar-refractivity contribution >= 4 is 35.9 Å².